The molecule has 0 atom stereocenters. The summed E-state index contributed by atoms with van der Waals surface area (Å²) in [5.74, 6) is -2.59. The van der Waals surface area contributed by atoms with Gasteiger partial charge in [-0.2, -0.15) is 4.31 Å². The zero-order valence-electron chi connectivity index (χ0n) is 12.4. The zero-order valence-corrected chi connectivity index (χ0v) is 13.2. The van der Waals surface area contributed by atoms with Gasteiger partial charge in [-0.15, -0.1) is 13.2 Å². The van der Waals surface area contributed by atoms with Gasteiger partial charge in [0.2, 0.25) is 10.0 Å². The third-order valence-electron chi connectivity index (χ3n) is 3.25. The van der Waals surface area contributed by atoms with Crippen molar-refractivity contribution in [2.24, 2.45) is 0 Å². The molecule has 1 aliphatic rings. The summed E-state index contributed by atoms with van der Waals surface area (Å²) in [5, 5.41) is 8.85. The first-order valence-corrected chi connectivity index (χ1v) is 8.23. The molecule has 0 saturated carbocycles. The first-order chi connectivity index (χ1) is 11.0. The van der Waals surface area contributed by atoms with Crippen LogP contribution in [0, 0.1) is 0 Å². The molecule has 0 radical (unpaired) electrons. The summed E-state index contributed by atoms with van der Waals surface area (Å²) in [7, 11) is -4.26. The molecule has 0 aromatic heterocycles. The molecule has 11 heteroatoms. The summed E-state index contributed by atoms with van der Waals surface area (Å²) < 4.78 is 72.2. The highest BCUT2D eigenvalue weighted by molar-refractivity contribution is 7.89. The van der Waals surface area contributed by atoms with Gasteiger partial charge in [0.15, 0.2) is 0 Å². The lowest BCUT2D eigenvalue weighted by molar-refractivity contribution is -0.275. The van der Waals surface area contributed by atoms with Gasteiger partial charge in [0, 0.05) is 19.7 Å². The normalized spacial score (nSPS) is 16.7. The van der Waals surface area contributed by atoms with Gasteiger partial charge in [-0.3, -0.25) is 0 Å². The summed E-state index contributed by atoms with van der Waals surface area (Å²) in [6.45, 7) is 2.12. The number of carbonyl (C=O) groups is 1. The number of halogens is 3. The number of carboxylic acid groups (broad SMARTS) is 1. The van der Waals surface area contributed by atoms with Crippen LogP contribution >= 0.6 is 0 Å². The molecule has 24 heavy (non-hydrogen) atoms. The van der Waals surface area contributed by atoms with E-state index in [0.717, 1.165) is 16.4 Å². The molecular weight excluding hydrogens is 355 g/mol. The van der Waals surface area contributed by atoms with E-state index in [1.165, 1.54) is 0 Å². The van der Waals surface area contributed by atoms with E-state index in [2.05, 4.69) is 4.74 Å². The second kappa shape index (κ2) is 6.57. The summed E-state index contributed by atoms with van der Waals surface area (Å²) >= 11 is 0. The maximum atomic E-state index is 12.5. The molecule has 2 rings (SSSR count). The van der Waals surface area contributed by atoms with Gasteiger partial charge in [0.25, 0.3) is 0 Å². The van der Waals surface area contributed by atoms with Crippen molar-refractivity contribution in [1.82, 2.24) is 4.31 Å². The molecule has 1 aromatic carbocycles. The Bertz CT molecular complexity index is 728. The van der Waals surface area contributed by atoms with Crippen LogP contribution in [0.1, 0.15) is 17.3 Å². The number of rotatable bonds is 6. The second-order valence-corrected chi connectivity index (χ2v) is 6.82. The quantitative estimate of drug-likeness (QED) is 0.820. The SMILES string of the molecule is CCOC1CN(S(=O)(=O)c2ccc(C(=O)O)cc2OC(F)(F)F)C1. The van der Waals surface area contributed by atoms with Gasteiger partial charge in [-0.25, -0.2) is 13.2 Å². The number of hydrogen-bond acceptors (Lipinski definition) is 5. The van der Waals surface area contributed by atoms with Gasteiger partial charge < -0.3 is 14.6 Å². The highest BCUT2D eigenvalue weighted by Gasteiger charge is 2.41. The largest absolute Gasteiger partial charge is 0.573 e. The molecule has 1 saturated heterocycles. The summed E-state index contributed by atoms with van der Waals surface area (Å²) in [4.78, 5) is 10.1. The Labute approximate surface area is 135 Å². The molecule has 1 aromatic rings. The number of sulfonamides is 1. The van der Waals surface area contributed by atoms with E-state index in [-0.39, 0.29) is 19.2 Å². The third kappa shape index (κ3) is 3.97. The van der Waals surface area contributed by atoms with Crippen molar-refractivity contribution < 1.29 is 41.0 Å². The maximum Gasteiger partial charge on any atom is 0.573 e. The molecule has 1 aliphatic heterocycles. The Morgan fingerprint density at radius 1 is 1.38 bits per heavy atom. The molecule has 0 spiro atoms. The van der Waals surface area contributed by atoms with Gasteiger partial charge in [-0.05, 0) is 25.1 Å². The van der Waals surface area contributed by atoms with Crippen molar-refractivity contribution in [2.45, 2.75) is 24.3 Å². The number of alkyl halides is 3. The number of hydrogen-bond donors (Lipinski definition) is 1. The second-order valence-electron chi connectivity index (χ2n) is 4.91. The molecule has 1 heterocycles. The van der Waals surface area contributed by atoms with Crippen LogP contribution in [0.15, 0.2) is 23.1 Å². The lowest BCUT2D eigenvalue weighted by Crippen LogP contribution is -2.54. The molecule has 1 fully saturated rings. The topological polar surface area (TPSA) is 93.1 Å². The Morgan fingerprint density at radius 3 is 2.50 bits per heavy atom. The Hall–Kier alpha value is -1.85. The van der Waals surface area contributed by atoms with Crippen LogP contribution in [0.25, 0.3) is 0 Å². The van der Waals surface area contributed by atoms with Crippen LogP contribution in [-0.4, -0.2) is 56.0 Å². The van der Waals surface area contributed by atoms with E-state index in [1.54, 1.807) is 6.92 Å². The van der Waals surface area contributed by atoms with E-state index < -0.39 is 38.6 Å². The minimum Gasteiger partial charge on any atom is -0.478 e. The molecule has 0 aliphatic carbocycles. The van der Waals surface area contributed by atoms with Gasteiger partial charge >= 0.3 is 12.3 Å². The number of carboxylic acids is 1. The molecule has 0 unspecified atom stereocenters. The van der Waals surface area contributed by atoms with E-state index in [1.807, 2.05) is 0 Å². The number of nitrogens with zero attached hydrogens (tertiary/aromatic N) is 1. The molecule has 7 nitrogen and oxygen atoms in total. The minimum atomic E-state index is -5.16. The van der Waals surface area contributed by atoms with Crippen LogP contribution < -0.4 is 4.74 Å². The van der Waals surface area contributed by atoms with Crippen molar-refractivity contribution in [3.8, 4) is 5.75 Å². The average molecular weight is 369 g/mol. The van der Waals surface area contributed by atoms with Crippen molar-refractivity contribution in [3.63, 3.8) is 0 Å². The first kappa shape index (κ1) is 18.5. The Kier molecular flexibility index (Phi) is 5.06. The number of ether oxygens (including phenoxy) is 2. The first-order valence-electron chi connectivity index (χ1n) is 6.79. The molecule has 1 N–H and O–H groups in total. The fourth-order valence-corrected chi connectivity index (χ4v) is 3.73. The summed E-state index contributed by atoms with van der Waals surface area (Å²) in [5.41, 5.74) is -0.524. The van der Waals surface area contributed by atoms with E-state index in [0.29, 0.717) is 12.7 Å². The van der Waals surface area contributed by atoms with Crippen LogP contribution in [0.5, 0.6) is 5.75 Å². The highest BCUT2D eigenvalue weighted by Crippen LogP contribution is 2.34. The molecule has 0 amide bonds. The lowest BCUT2D eigenvalue weighted by atomic mass is 10.2. The number of benzene rings is 1. The van der Waals surface area contributed by atoms with Crippen molar-refractivity contribution in [1.29, 1.82) is 0 Å². The standard InChI is InChI=1S/C13H14F3NO6S/c1-2-22-9-6-17(7-9)24(20,21)11-4-3-8(12(18)19)5-10(11)23-13(14,15)16/h3-5,9H,2,6-7H2,1H3,(H,18,19). The van der Waals surface area contributed by atoms with Gasteiger partial charge in [0.05, 0.1) is 11.7 Å². The van der Waals surface area contributed by atoms with Gasteiger partial charge in [0.1, 0.15) is 10.6 Å². The highest BCUT2D eigenvalue weighted by atomic mass is 32.2. The maximum absolute atomic E-state index is 12.5. The molecule has 134 valence electrons. The fourth-order valence-electron chi connectivity index (χ4n) is 2.14. The van der Waals surface area contributed by atoms with E-state index in [4.69, 9.17) is 9.84 Å². The van der Waals surface area contributed by atoms with Crippen LogP contribution in [0.4, 0.5) is 13.2 Å². The number of aromatic carboxylic acids is 1. The van der Waals surface area contributed by atoms with Crippen molar-refractivity contribution >= 4 is 16.0 Å². The summed E-state index contributed by atoms with van der Waals surface area (Å²) in [6, 6.07) is 2.22. The average Bonchev–Trinajstić information content (AvgIpc) is 2.39. The molecule has 0 bridgehead atoms. The monoisotopic (exact) mass is 369 g/mol. The third-order valence-corrected chi connectivity index (χ3v) is 5.12. The van der Waals surface area contributed by atoms with E-state index in [9.17, 15) is 26.4 Å². The zero-order chi connectivity index (χ0) is 18.1. The predicted molar refractivity (Wildman–Crippen MR) is 74.3 cm³/mol. The predicted octanol–water partition coefficient (Wildman–Crippen LogP) is 1.69. The van der Waals surface area contributed by atoms with Gasteiger partial charge in [-0.1, -0.05) is 0 Å². The lowest BCUT2D eigenvalue weighted by Gasteiger charge is -2.37. The van der Waals surface area contributed by atoms with Crippen molar-refractivity contribution in [3.05, 3.63) is 23.8 Å². The minimum absolute atomic E-state index is 0.00229. The summed E-state index contributed by atoms with van der Waals surface area (Å²) in [6.07, 6.45) is -5.49. The Balaban J connectivity index is 2.36. The molecular formula is C13H14F3NO6S. The fraction of sp³-hybridized carbons (Fsp3) is 0.462. The van der Waals surface area contributed by atoms with Crippen LogP contribution in [0.2, 0.25) is 0 Å². The van der Waals surface area contributed by atoms with Crippen LogP contribution in [-0.2, 0) is 14.8 Å². The van der Waals surface area contributed by atoms with Crippen LogP contribution in [0.3, 0.4) is 0 Å². The smallest absolute Gasteiger partial charge is 0.478 e. The Morgan fingerprint density at radius 2 is 2.00 bits per heavy atom. The van der Waals surface area contributed by atoms with E-state index >= 15 is 0 Å². The van der Waals surface area contributed by atoms with Crippen molar-refractivity contribution in [2.75, 3.05) is 19.7 Å².